The van der Waals surface area contributed by atoms with Crippen molar-refractivity contribution in [2.45, 2.75) is 13.5 Å². The lowest BCUT2D eigenvalue weighted by molar-refractivity contribution is 0.0642. The molecule has 3 rings (SSSR count). The fourth-order valence-corrected chi connectivity index (χ4v) is 1.78. The zero-order valence-corrected chi connectivity index (χ0v) is 7.97. The number of hydrogen-bond acceptors (Lipinski definition) is 3. The van der Waals surface area contributed by atoms with Crippen molar-refractivity contribution in [2.24, 2.45) is 0 Å². The van der Waals surface area contributed by atoms with Gasteiger partial charge in [0.1, 0.15) is 0 Å². The van der Waals surface area contributed by atoms with Gasteiger partial charge in [-0.1, -0.05) is 19.6 Å². The lowest BCUT2D eigenvalue weighted by Crippen LogP contribution is -2.33. The van der Waals surface area contributed by atoms with Gasteiger partial charge in [-0.05, 0) is 12.1 Å². The Kier molecular flexibility index (Phi) is 2.52. The SMILES string of the molecule is C.O=C1c2ccccc2C(=O)N1C[C@H]1CO1. The fourth-order valence-electron chi connectivity index (χ4n) is 1.78. The van der Waals surface area contributed by atoms with Crippen molar-refractivity contribution < 1.29 is 14.3 Å². The number of carbonyl (C=O) groups excluding carboxylic acids is 2. The van der Waals surface area contributed by atoms with Gasteiger partial charge in [0, 0.05) is 0 Å². The van der Waals surface area contributed by atoms with Crippen molar-refractivity contribution in [1.29, 1.82) is 0 Å². The van der Waals surface area contributed by atoms with E-state index in [1.165, 1.54) is 4.90 Å². The second kappa shape index (κ2) is 3.72. The lowest BCUT2D eigenvalue weighted by Gasteiger charge is -2.10. The Morgan fingerprint density at radius 1 is 1.19 bits per heavy atom. The van der Waals surface area contributed by atoms with Gasteiger partial charge >= 0.3 is 0 Å². The van der Waals surface area contributed by atoms with E-state index in [4.69, 9.17) is 4.74 Å². The molecule has 0 N–H and O–H groups in total. The Morgan fingerprint density at radius 2 is 1.69 bits per heavy atom. The highest BCUT2D eigenvalue weighted by Gasteiger charge is 2.38. The normalized spacial score (nSPS) is 21.8. The average Bonchev–Trinajstić information content (AvgIpc) is 3.04. The van der Waals surface area contributed by atoms with Crippen LogP contribution in [0.3, 0.4) is 0 Å². The van der Waals surface area contributed by atoms with Gasteiger partial charge in [0.25, 0.3) is 11.8 Å². The van der Waals surface area contributed by atoms with Crippen LogP contribution in [0.4, 0.5) is 0 Å². The van der Waals surface area contributed by atoms with Crippen LogP contribution in [0.5, 0.6) is 0 Å². The first-order valence-corrected chi connectivity index (χ1v) is 4.84. The van der Waals surface area contributed by atoms with Gasteiger partial charge < -0.3 is 4.74 Å². The monoisotopic (exact) mass is 219 g/mol. The van der Waals surface area contributed by atoms with Crippen molar-refractivity contribution in [3.63, 3.8) is 0 Å². The van der Waals surface area contributed by atoms with Crippen LogP contribution in [0.25, 0.3) is 0 Å². The highest BCUT2D eigenvalue weighted by atomic mass is 16.6. The summed E-state index contributed by atoms with van der Waals surface area (Å²) in [4.78, 5) is 24.9. The van der Waals surface area contributed by atoms with Gasteiger partial charge in [0.05, 0.1) is 30.4 Å². The molecule has 1 aromatic rings. The lowest BCUT2D eigenvalue weighted by atomic mass is 10.1. The zero-order valence-electron chi connectivity index (χ0n) is 7.97. The summed E-state index contributed by atoms with van der Waals surface area (Å²) in [6.45, 7) is 1.03. The van der Waals surface area contributed by atoms with E-state index in [0.29, 0.717) is 24.3 Å². The summed E-state index contributed by atoms with van der Waals surface area (Å²) in [6, 6.07) is 6.90. The summed E-state index contributed by atoms with van der Waals surface area (Å²) < 4.78 is 5.02. The number of nitrogens with zero attached hydrogens (tertiary/aromatic N) is 1. The van der Waals surface area contributed by atoms with Crippen LogP contribution in [-0.4, -0.2) is 36.0 Å². The minimum absolute atomic E-state index is 0. The number of imide groups is 1. The number of benzene rings is 1. The molecule has 1 saturated heterocycles. The zero-order chi connectivity index (χ0) is 10.4. The fraction of sp³-hybridized carbons (Fsp3) is 0.333. The Bertz CT molecular complexity index is 416. The van der Waals surface area contributed by atoms with Gasteiger partial charge in [-0.2, -0.15) is 0 Å². The topological polar surface area (TPSA) is 49.9 Å². The molecule has 16 heavy (non-hydrogen) atoms. The summed E-state index contributed by atoms with van der Waals surface area (Å²) in [5.41, 5.74) is 1.01. The van der Waals surface area contributed by atoms with E-state index in [1.54, 1.807) is 24.3 Å². The molecule has 0 bridgehead atoms. The third kappa shape index (κ3) is 1.51. The Labute approximate surface area is 93.8 Å². The minimum Gasteiger partial charge on any atom is -0.371 e. The maximum atomic E-state index is 11.8. The van der Waals surface area contributed by atoms with Crippen molar-refractivity contribution in [2.75, 3.05) is 13.2 Å². The molecule has 0 aromatic heterocycles. The predicted octanol–water partition coefficient (Wildman–Crippen LogP) is 1.32. The van der Waals surface area contributed by atoms with Crippen molar-refractivity contribution in [3.8, 4) is 0 Å². The van der Waals surface area contributed by atoms with Gasteiger partial charge in [-0.25, -0.2) is 0 Å². The van der Waals surface area contributed by atoms with Gasteiger partial charge in [0.15, 0.2) is 0 Å². The first-order valence-electron chi connectivity index (χ1n) is 4.84. The Hall–Kier alpha value is -1.68. The molecule has 0 aliphatic carbocycles. The van der Waals surface area contributed by atoms with Crippen LogP contribution in [-0.2, 0) is 4.74 Å². The van der Waals surface area contributed by atoms with Gasteiger partial charge in [-0.15, -0.1) is 0 Å². The van der Waals surface area contributed by atoms with Crippen LogP contribution in [0.15, 0.2) is 24.3 Å². The number of hydrogen-bond donors (Lipinski definition) is 0. The molecule has 84 valence electrons. The number of epoxide rings is 1. The number of ether oxygens (including phenoxy) is 1. The van der Waals surface area contributed by atoms with Crippen LogP contribution in [0.1, 0.15) is 28.1 Å². The molecule has 2 amide bonds. The average molecular weight is 219 g/mol. The molecular formula is C12H13NO3. The molecule has 2 heterocycles. The van der Waals surface area contributed by atoms with E-state index in [0.717, 1.165) is 0 Å². The van der Waals surface area contributed by atoms with Gasteiger partial charge in [-0.3, -0.25) is 14.5 Å². The molecule has 0 spiro atoms. The van der Waals surface area contributed by atoms with Crippen LogP contribution in [0, 0.1) is 0 Å². The molecule has 4 nitrogen and oxygen atoms in total. The number of carbonyl (C=O) groups is 2. The molecule has 0 saturated carbocycles. The standard InChI is InChI=1S/C11H9NO3.CH4/c13-10-8-3-1-2-4-9(8)11(14)12(10)5-7-6-15-7;/h1-4,7H,5-6H2;1H4/t7-;/m0./s1. The van der Waals surface area contributed by atoms with Crippen LogP contribution >= 0.6 is 0 Å². The molecular weight excluding hydrogens is 206 g/mol. The predicted molar refractivity (Wildman–Crippen MR) is 58.3 cm³/mol. The van der Waals surface area contributed by atoms with E-state index >= 15 is 0 Å². The number of fused-ring (bicyclic) bond motifs is 1. The third-order valence-corrected chi connectivity index (χ3v) is 2.67. The van der Waals surface area contributed by atoms with E-state index in [9.17, 15) is 9.59 Å². The summed E-state index contributed by atoms with van der Waals surface area (Å²) in [7, 11) is 0. The first kappa shape index (κ1) is 10.8. The van der Waals surface area contributed by atoms with Crippen LogP contribution < -0.4 is 0 Å². The summed E-state index contributed by atoms with van der Waals surface area (Å²) in [6.07, 6.45) is 0.0483. The van der Waals surface area contributed by atoms with E-state index < -0.39 is 0 Å². The maximum absolute atomic E-state index is 11.8. The molecule has 2 aliphatic rings. The van der Waals surface area contributed by atoms with E-state index in [1.807, 2.05) is 0 Å². The van der Waals surface area contributed by atoms with E-state index in [2.05, 4.69) is 0 Å². The van der Waals surface area contributed by atoms with Gasteiger partial charge in [0.2, 0.25) is 0 Å². The Balaban J connectivity index is 0.000000963. The smallest absolute Gasteiger partial charge is 0.261 e. The van der Waals surface area contributed by atoms with E-state index in [-0.39, 0.29) is 25.3 Å². The second-order valence-corrected chi connectivity index (χ2v) is 3.72. The summed E-state index contributed by atoms with van der Waals surface area (Å²) in [5.74, 6) is -0.405. The second-order valence-electron chi connectivity index (χ2n) is 3.72. The molecule has 1 fully saturated rings. The highest BCUT2D eigenvalue weighted by Crippen LogP contribution is 2.24. The third-order valence-electron chi connectivity index (χ3n) is 2.67. The molecule has 1 atom stereocenters. The molecule has 0 unspecified atom stereocenters. The molecule has 1 aromatic carbocycles. The highest BCUT2D eigenvalue weighted by molar-refractivity contribution is 6.21. The number of amides is 2. The first-order chi connectivity index (χ1) is 7.27. The molecule has 2 aliphatic heterocycles. The quantitative estimate of drug-likeness (QED) is 0.556. The number of rotatable bonds is 2. The van der Waals surface area contributed by atoms with Crippen molar-refractivity contribution in [1.82, 2.24) is 4.90 Å². The largest absolute Gasteiger partial charge is 0.371 e. The van der Waals surface area contributed by atoms with Crippen molar-refractivity contribution >= 4 is 11.8 Å². The summed E-state index contributed by atoms with van der Waals surface area (Å²) >= 11 is 0. The molecule has 4 heteroatoms. The summed E-state index contributed by atoms with van der Waals surface area (Å²) in [5, 5.41) is 0. The minimum atomic E-state index is -0.203. The maximum Gasteiger partial charge on any atom is 0.261 e. The van der Waals surface area contributed by atoms with Crippen molar-refractivity contribution in [3.05, 3.63) is 35.4 Å². The Morgan fingerprint density at radius 3 is 2.12 bits per heavy atom. The van der Waals surface area contributed by atoms with Crippen LogP contribution in [0.2, 0.25) is 0 Å². The molecule has 0 radical (unpaired) electrons.